The molecule has 1 atom stereocenters. The first-order valence-electron chi connectivity index (χ1n) is 6.39. The maximum absolute atomic E-state index is 11.9. The molecule has 0 saturated carbocycles. The first-order chi connectivity index (χ1) is 9.49. The van der Waals surface area contributed by atoms with Gasteiger partial charge in [-0.05, 0) is 47.5 Å². The normalized spacial score (nSPS) is 11.9. The second kappa shape index (κ2) is 5.96. The highest BCUT2D eigenvalue weighted by atomic mass is 32.1. The van der Waals surface area contributed by atoms with Gasteiger partial charge in [0.1, 0.15) is 0 Å². The maximum Gasteiger partial charge on any atom is 0.253 e. The molecule has 0 saturated heterocycles. The number of carbonyl (C=O) groups excluding carboxylic acids is 1. The average Bonchev–Trinajstić information content (AvgIpc) is 2.94. The van der Waals surface area contributed by atoms with Crippen molar-refractivity contribution in [1.29, 1.82) is 0 Å². The predicted molar refractivity (Wildman–Crippen MR) is 85.2 cm³/mol. The highest BCUT2D eigenvalue weighted by Crippen LogP contribution is 2.26. The van der Waals surface area contributed by atoms with Crippen molar-refractivity contribution in [3.05, 3.63) is 46.2 Å². The Morgan fingerprint density at radius 2 is 2.10 bits per heavy atom. The molecule has 5 heteroatoms. The molecule has 1 amide bonds. The number of nitrogen functional groups attached to an aromatic ring is 1. The molecule has 0 fully saturated rings. The van der Waals surface area contributed by atoms with E-state index in [0.717, 1.165) is 5.69 Å². The Labute approximate surface area is 123 Å². The van der Waals surface area contributed by atoms with E-state index < -0.39 is 0 Å². The Kier molecular flexibility index (Phi) is 4.29. The molecule has 106 valence electrons. The van der Waals surface area contributed by atoms with Gasteiger partial charge in [-0.2, -0.15) is 11.3 Å². The zero-order valence-electron chi connectivity index (χ0n) is 11.9. The number of hydrogen-bond donors (Lipinski definition) is 2. The second-order valence-electron chi connectivity index (χ2n) is 4.92. The van der Waals surface area contributed by atoms with E-state index >= 15 is 0 Å². The number of rotatable bonds is 4. The molecule has 2 rings (SSSR count). The van der Waals surface area contributed by atoms with Gasteiger partial charge in [0.15, 0.2) is 0 Å². The number of nitrogens with zero attached hydrogens (tertiary/aromatic N) is 1. The van der Waals surface area contributed by atoms with Crippen molar-refractivity contribution < 1.29 is 4.79 Å². The van der Waals surface area contributed by atoms with E-state index in [1.165, 1.54) is 10.5 Å². The minimum Gasteiger partial charge on any atom is -0.397 e. The van der Waals surface area contributed by atoms with Crippen LogP contribution >= 0.6 is 11.3 Å². The van der Waals surface area contributed by atoms with Gasteiger partial charge in [0.25, 0.3) is 5.91 Å². The molecule has 0 aliphatic carbocycles. The van der Waals surface area contributed by atoms with Crippen LogP contribution in [0.4, 0.5) is 11.4 Å². The highest BCUT2D eigenvalue weighted by Gasteiger charge is 2.12. The molecular weight excluding hydrogens is 270 g/mol. The van der Waals surface area contributed by atoms with E-state index in [1.807, 2.05) is 6.07 Å². The van der Waals surface area contributed by atoms with Crippen molar-refractivity contribution in [1.82, 2.24) is 4.90 Å². The SMILES string of the molecule is CC(Nc1ccc(C(=O)N(C)C)cc1N)c1ccsc1. The molecule has 1 aromatic carbocycles. The average molecular weight is 289 g/mol. The largest absolute Gasteiger partial charge is 0.397 e. The molecule has 1 aromatic heterocycles. The van der Waals surface area contributed by atoms with Crippen LogP contribution in [0.15, 0.2) is 35.0 Å². The van der Waals surface area contributed by atoms with Crippen LogP contribution in [0.25, 0.3) is 0 Å². The van der Waals surface area contributed by atoms with Gasteiger partial charge >= 0.3 is 0 Å². The van der Waals surface area contributed by atoms with E-state index in [2.05, 4.69) is 29.1 Å². The Bertz CT molecular complexity index is 593. The first kappa shape index (κ1) is 14.4. The van der Waals surface area contributed by atoms with Crippen LogP contribution in [0.5, 0.6) is 0 Å². The summed E-state index contributed by atoms with van der Waals surface area (Å²) in [7, 11) is 3.45. The molecule has 0 radical (unpaired) electrons. The summed E-state index contributed by atoms with van der Waals surface area (Å²) < 4.78 is 0. The highest BCUT2D eigenvalue weighted by molar-refractivity contribution is 7.08. The van der Waals surface area contributed by atoms with Crippen molar-refractivity contribution in [2.75, 3.05) is 25.1 Å². The fraction of sp³-hybridized carbons (Fsp3) is 0.267. The van der Waals surface area contributed by atoms with Crippen molar-refractivity contribution in [2.24, 2.45) is 0 Å². The monoisotopic (exact) mass is 289 g/mol. The lowest BCUT2D eigenvalue weighted by Gasteiger charge is -2.17. The molecule has 1 unspecified atom stereocenters. The fourth-order valence-corrected chi connectivity index (χ4v) is 2.68. The van der Waals surface area contributed by atoms with Crippen molar-refractivity contribution in [3.63, 3.8) is 0 Å². The summed E-state index contributed by atoms with van der Waals surface area (Å²) in [4.78, 5) is 13.4. The number of amides is 1. The molecule has 4 nitrogen and oxygen atoms in total. The molecule has 20 heavy (non-hydrogen) atoms. The molecule has 1 heterocycles. The lowest BCUT2D eigenvalue weighted by atomic mass is 10.1. The summed E-state index contributed by atoms with van der Waals surface area (Å²) in [6.07, 6.45) is 0. The van der Waals surface area contributed by atoms with E-state index in [9.17, 15) is 4.79 Å². The molecule has 0 aliphatic heterocycles. The van der Waals surface area contributed by atoms with Crippen molar-refractivity contribution >= 4 is 28.6 Å². The summed E-state index contributed by atoms with van der Waals surface area (Å²) >= 11 is 1.67. The number of nitrogens with two attached hydrogens (primary N) is 1. The van der Waals surface area contributed by atoms with Gasteiger partial charge in [-0.25, -0.2) is 0 Å². The smallest absolute Gasteiger partial charge is 0.253 e. The predicted octanol–water partition coefficient (Wildman–Crippen LogP) is 3.21. The van der Waals surface area contributed by atoms with Crippen LogP contribution in [0, 0.1) is 0 Å². The number of hydrogen-bond acceptors (Lipinski definition) is 4. The van der Waals surface area contributed by atoms with Gasteiger partial charge in [0.2, 0.25) is 0 Å². The zero-order valence-corrected chi connectivity index (χ0v) is 12.7. The van der Waals surface area contributed by atoms with Gasteiger partial charge in [-0.1, -0.05) is 0 Å². The van der Waals surface area contributed by atoms with Gasteiger partial charge < -0.3 is 16.0 Å². The van der Waals surface area contributed by atoms with Crippen LogP contribution in [-0.4, -0.2) is 24.9 Å². The second-order valence-corrected chi connectivity index (χ2v) is 5.70. The van der Waals surface area contributed by atoms with Gasteiger partial charge in [0, 0.05) is 25.7 Å². The summed E-state index contributed by atoms with van der Waals surface area (Å²) in [6, 6.07) is 7.63. The maximum atomic E-state index is 11.9. The first-order valence-corrected chi connectivity index (χ1v) is 7.33. The van der Waals surface area contributed by atoms with E-state index in [-0.39, 0.29) is 11.9 Å². The summed E-state index contributed by atoms with van der Waals surface area (Å²) in [6.45, 7) is 2.08. The Hall–Kier alpha value is -2.01. The zero-order chi connectivity index (χ0) is 14.7. The topological polar surface area (TPSA) is 58.4 Å². The summed E-state index contributed by atoms with van der Waals surface area (Å²) in [5.41, 5.74) is 9.28. The lowest BCUT2D eigenvalue weighted by Crippen LogP contribution is -2.21. The third-order valence-electron chi connectivity index (χ3n) is 3.12. The molecular formula is C15H19N3OS. The van der Waals surface area contributed by atoms with Gasteiger partial charge in [-0.3, -0.25) is 4.79 Å². The lowest BCUT2D eigenvalue weighted by molar-refractivity contribution is 0.0827. The quantitative estimate of drug-likeness (QED) is 0.850. The summed E-state index contributed by atoms with van der Waals surface area (Å²) in [5.74, 6) is -0.0471. The number of thiophene rings is 1. The number of benzene rings is 1. The number of nitrogens with one attached hydrogen (secondary N) is 1. The van der Waals surface area contributed by atoms with Gasteiger partial charge in [0.05, 0.1) is 11.4 Å². The molecule has 2 aromatic rings. The molecule has 0 spiro atoms. The van der Waals surface area contributed by atoms with E-state index in [1.54, 1.807) is 37.6 Å². The van der Waals surface area contributed by atoms with Crippen LogP contribution in [-0.2, 0) is 0 Å². The minimum atomic E-state index is -0.0471. The minimum absolute atomic E-state index is 0.0471. The number of anilines is 2. The number of carbonyl (C=O) groups is 1. The molecule has 0 aliphatic rings. The van der Waals surface area contributed by atoms with Crippen LogP contribution in [0.3, 0.4) is 0 Å². The van der Waals surface area contributed by atoms with Crippen molar-refractivity contribution in [3.8, 4) is 0 Å². The third kappa shape index (κ3) is 3.11. The summed E-state index contributed by atoms with van der Waals surface area (Å²) in [5, 5.41) is 7.52. The van der Waals surface area contributed by atoms with Crippen LogP contribution in [0.1, 0.15) is 28.9 Å². The van der Waals surface area contributed by atoms with Crippen LogP contribution < -0.4 is 11.1 Å². The van der Waals surface area contributed by atoms with E-state index in [4.69, 9.17) is 5.73 Å². The standard InChI is InChI=1S/C15H19N3OS/c1-10(12-6-7-20-9-12)17-14-5-4-11(8-13(14)16)15(19)18(2)3/h4-10,17H,16H2,1-3H3. The van der Waals surface area contributed by atoms with Crippen molar-refractivity contribution in [2.45, 2.75) is 13.0 Å². The Balaban J connectivity index is 2.16. The molecule has 3 N–H and O–H groups in total. The van der Waals surface area contributed by atoms with Gasteiger partial charge in [-0.15, -0.1) is 0 Å². The Morgan fingerprint density at radius 3 is 2.65 bits per heavy atom. The van der Waals surface area contributed by atoms with Crippen LogP contribution in [0.2, 0.25) is 0 Å². The van der Waals surface area contributed by atoms with E-state index in [0.29, 0.717) is 11.3 Å². The fourth-order valence-electron chi connectivity index (χ4n) is 1.92. The molecule has 0 bridgehead atoms. The Morgan fingerprint density at radius 1 is 1.35 bits per heavy atom. The third-order valence-corrected chi connectivity index (χ3v) is 3.82.